The molecule has 0 radical (unpaired) electrons. The van der Waals surface area contributed by atoms with E-state index in [4.69, 9.17) is 11.6 Å². The van der Waals surface area contributed by atoms with Crippen molar-refractivity contribution in [3.05, 3.63) is 28.8 Å². The lowest BCUT2D eigenvalue weighted by atomic mass is 9.74. The van der Waals surface area contributed by atoms with Crippen molar-refractivity contribution >= 4 is 17.3 Å². The third-order valence-corrected chi connectivity index (χ3v) is 5.64. The fraction of sp³-hybridized carbons (Fsp3) is 0.667. The van der Waals surface area contributed by atoms with Gasteiger partial charge < -0.3 is 10.2 Å². The van der Waals surface area contributed by atoms with Crippen LogP contribution in [0.4, 0.5) is 5.69 Å². The number of hydrogen-bond acceptors (Lipinski definition) is 2. The van der Waals surface area contributed by atoms with Gasteiger partial charge in [0.1, 0.15) is 0 Å². The highest BCUT2D eigenvalue weighted by atomic mass is 35.5. The number of nitrogens with one attached hydrogen (secondary N) is 1. The van der Waals surface area contributed by atoms with Gasteiger partial charge in [0.15, 0.2) is 0 Å². The number of nitrogens with zero attached hydrogens (tertiary/aromatic N) is 1. The van der Waals surface area contributed by atoms with Crippen molar-refractivity contribution < 1.29 is 0 Å². The maximum Gasteiger partial charge on any atom is 0.0471 e. The summed E-state index contributed by atoms with van der Waals surface area (Å²) in [5.74, 6) is 0. The summed E-state index contributed by atoms with van der Waals surface area (Å²) in [6.45, 7) is 10.9. The lowest BCUT2D eigenvalue weighted by Crippen LogP contribution is -2.39. The van der Waals surface area contributed by atoms with Gasteiger partial charge in [-0.25, -0.2) is 0 Å². The minimum absolute atomic E-state index is 0.575. The molecule has 118 valence electrons. The van der Waals surface area contributed by atoms with Crippen LogP contribution in [0.25, 0.3) is 0 Å². The number of halogens is 1. The first kappa shape index (κ1) is 16.6. The maximum absolute atomic E-state index is 6.43. The van der Waals surface area contributed by atoms with Gasteiger partial charge in [-0.05, 0) is 42.5 Å². The Morgan fingerprint density at radius 3 is 2.33 bits per heavy atom. The van der Waals surface area contributed by atoms with Crippen LogP contribution in [0.1, 0.15) is 52.0 Å². The molecule has 0 bridgehead atoms. The van der Waals surface area contributed by atoms with E-state index >= 15 is 0 Å². The van der Waals surface area contributed by atoms with Gasteiger partial charge in [-0.15, -0.1) is 0 Å². The van der Waals surface area contributed by atoms with Crippen molar-refractivity contribution in [2.75, 3.05) is 24.5 Å². The Morgan fingerprint density at radius 1 is 1.14 bits per heavy atom. The van der Waals surface area contributed by atoms with Gasteiger partial charge in [0.25, 0.3) is 0 Å². The molecule has 1 aliphatic heterocycles. The van der Waals surface area contributed by atoms with Crippen LogP contribution in [-0.4, -0.2) is 19.6 Å². The predicted molar refractivity (Wildman–Crippen MR) is 93.3 cm³/mol. The first-order valence-electron chi connectivity index (χ1n) is 8.38. The standard InChI is InChI=1S/C18H29ClN2/c1-4-18(5-2)9-11-21(12-10-18)16-8-7-15(14-20-6-3)17(19)13-16/h7-8,13,20H,4-6,9-12,14H2,1-3H3. The van der Waals surface area contributed by atoms with E-state index in [0.29, 0.717) is 5.41 Å². The molecule has 1 aromatic carbocycles. The van der Waals surface area contributed by atoms with Crippen molar-refractivity contribution in [2.45, 2.75) is 53.0 Å². The largest absolute Gasteiger partial charge is 0.371 e. The summed E-state index contributed by atoms with van der Waals surface area (Å²) in [6.07, 6.45) is 5.22. The second kappa shape index (κ2) is 7.51. The molecule has 1 N–H and O–H groups in total. The van der Waals surface area contributed by atoms with E-state index in [-0.39, 0.29) is 0 Å². The summed E-state index contributed by atoms with van der Waals surface area (Å²) < 4.78 is 0. The Hall–Kier alpha value is -0.730. The van der Waals surface area contributed by atoms with Crippen LogP contribution in [0, 0.1) is 5.41 Å². The molecular weight excluding hydrogens is 280 g/mol. The van der Waals surface area contributed by atoms with E-state index < -0.39 is 0 Å². The van der Waals surface area contributed by atoms with Crippen LogP contribution in [0.15, 0.2) is 18.2 Å². The van der Waals surface area contributed by atoms with Gasteiger partial charge in [-0.3, -0.25) is 0 Å². The van der Waals surface area contributed by atoms with E-state index in [1.54, 1.807) is 0 Å². The molecule has 1 heterocycles. The highest BCUT2D eigenvalue weighted by molar-refractivity contribution is 6.31. The monoisotopic (exact) mass is 308 g/mol. The fourth-order valence-corrected chi connectivity index (χ4v) is 3.57. The van der Waals surface area contributed by atoms with Gasteiger partial charge >= 0.3 is 0 Å². The molecule has 1 saturated heterocycles. The lowest BCUT2D eigenvalue weighted by Gasteiger charge is -2.42. The van der Waals surface area contributed by atoms with Gasteiger partial charge in [-0.2, -0.15) is 0 Å². The van der Waals surface area contributed by atoms with E-state index in [0.717, 1.165) is 31.2 Å². The molecular formula is C18H29ClN2. The summed E-state index contributed by atoms with van der Waals surface area (Å²) in [7, 11) is 0. The summed E-state index contributed by atoms with van der Waals surface area (Å²) in [4.78, 5) is 2.49. The first-order valence-corrected chi connectivity index (χ1v) is 8.76. The Balaban J connectivity index is 2.02. The molecule has 0 atom stereocenters. The Labute approximate surface area is 134 Å². The van der Waals surface area contributed by atoms with Crippen molar-refractivity contribution in [3.63, 3.8) is 0 Å². The Kier molecular flexibility index (Phi) is 5.95. The number of rotatable bonds is 6. The molecule has 0 saturated carbocycles. The van der Waals surface area contributed by atoms with Crippen LogP contribution < -0.4 is 10.2 Å². The smallest absolute Gasteiger partial charge is 0.0471 e. The Morgan fingerprint density at radius 2 is 1.81 bits per heavy atom. The predicted octanol–water partition coefficient (Wildman–Crippen LogP) is 4.86. The quantitative estimate of drug-likeness (QED) is 0.807. The molecule has 0 amide bonds. The van der Waals surface area contributed by atoms with Crippen LogP contribution in [0.3, 0.4) is 0 Å². The zero-order valence-electron chi connectivity index (χ0n) is 13.7. The van der Waals surface area contributed by atoms with E-state index in [9.17, 15) is 0 Å². The van der Waals surface area contributed by atoms with E-state index in [1.165, 1.54) is 36.9 Å². The summed E-state index contributed by atoms with van der Waals surface area (Å²) in [5.41, 5.74) is 3.04. The highest BCUT2D eigenvalue weighted by Gasteiger charge is 2.31. The van der Waals surface area contributed by atoms with Crippen molar-refractivity contribution in [1.82, 2.24) is 5.32 Å². The SMILES string of the molecule is CCNCc1ccc(N2CCC(CC)(CC)CC2)cc1Cl. The molecule has 2 nitrogen and oxygen atoms in total. The zero-order valence-corrected chi connectivity index (χ0v) is 14.5. The van der Waals surface area contributed by atoms with Crippen molar-refractivity contribution in [3.8, 4) is 0 Å². The lowest BCUT2D eigenvalue weighted by molar-refractivity contribution is 0.199. The van der Waals surface area contributed by atoms with Gasteiger partial charge in [0.05, 0.1) is 0 Å². The van der Waals surface area contributed by atoms with Crippen LogP contribution in [-0.2, 0) is 6.54 Å². The van der Waals surface area contributed by atoms with E-state index in [2.05, 4.69) is 49.2 Å². The average Bonchev–Trinajstić information content (AvgIpc) is 2.54. The molecule has 21 heavy (non-hydrogen) atoms. The van der Waals surface area contributed by atoms with Gasteiger partial charge in [0, 0.05) is 30.3 Å². The highest BCUT2D eigenvalue weighted by Crippen LogP contribution is 2.39. The maximum atomic E-state index is 6.43. The van der Waals surface area contributed by atoms with E-state index in [1.807, 2.05) is 0 Å². The van der Waals surface area contributed by atoms with Gasteiger partial charge in [-0.1, -0.05) is 51.3 Å². The molecule has 1 aliphatic rings. The van der Waals surface area contributed by atoms with Gasteiger partial charge in [0.2, 0.25) is 0 Å². The average molecular weight is 309 g/mol. The zero-order chi connectivity index (χ0) is 15.3. The molecule has 0 aromatic heterocycles. The second-order valence-corrected chi connectivity index (χ2v) is 6.66. The molecule has 0 aliphatic carbocycles. The number of hydrogen-bond donors (Lipinski definition) is 1. The number of piperidine rings is 1. The summed E-state index contributed by atoms with van der Waals surface area (Å²) >= 11 is 6.43. The minimum Gasteiger partial charge on any atom is -0.371 e. The Bertz CT molecular complexity index is 445. The molecule has 2 rings (SSSR count). The third-order valence-electron chi connectivity index (χ3n) is 5.29. The third kappa shape index (κ3) is 3.92. The fourth-order valence-electron chi connectivity index (χ4n) is 3.33. The van der Waals surface area contributed by atoms with Crippen LogP contribution >= 0.6 is 11.6 Å². The molecule has 1 fully saturated rings. The number of benzene rings is 1. The molecule has 3 heteroatoms. The van der Waals surface area contributed by atoms with Crippen LogP contribution in [0.5, 0.6) is 0 Å². The van der Waals surface area contributed by atoms with Crippen molar-refractivity contribution in [1.29, 1.82) is 0 Å². The van der Waals surface area contributed by atoms with Crippen LogP contribution in [0.2, 0.25) is 5.02 Å². The van der Waals surface area contributed by atoms with Crippen molar-refractivity contribution in [2.24, 2.45) is 5.41 Å². The molecule has 1 aromatic rings. The second-order valence-electron chi connectivity index (χ2n) is 6.25. The normalized spacial score (nSPS) is 18.0. The summed E-state index contributed by atoms with van der Waals surface area (Å²) in [6, 6.07) is 6.53. The molecule has 0 spiro atoms. The number of anilines is 1. The molecule has 0 unspecified atom stereocenters. The summed E-state index contributed by atoms with van der Waals surface area (Å²) in [5, 5.41) is 4.22. The topological polar surface area (TPSA) is 15.3 Å². The first-order chi connectivity index (χ1) is 10.1. The minimum atomic E-state index is 0.575.